The first kappa shape index (κ1) is 16.8. The average Bonchev–Trinajstić information content (AvgIpc) is 2.38. The number of nitrogens with one attached hydrogen (secondary N) is 1. The average molecular weight is 345 g/mol. The number of halogens is 2. The highest BCUT2D eigenvalue weighted by atomic mass is 35.5. The van der Waals surface area contributed by atoms with Gasteiger partial charge < -0.3 is 4.55 Å². The van der Waals surface area contributed by atoms with Crippen LogP contribution in [-0.2, 0) is 11.4 Å². The summed E-state index contributed by atoms with van der Waals surface area (Å²) >= 11 is 11.2. The van der Waals surface area contributed by atoms with E-state index in [0.29, 0.717) is 15.7 Å². The lowest BCUT2D eigenvalue weighted by Gasteiger charge is -2.26. The zero-order valence-electron chi connectivity index (χ0n) is 12.4. The van der Waals surface area contributed by atoms with Crippen LogP contribution in [-0.4, -0.2) is 14.3 Å². The summed E-state index contributed by atoms with van der Waals surface area (Å²) in [5, 5.41) is 1.86. The Morgan fingerprint density at radius 3 is 2.57 bits per heavy atom. The summed E-state index contributed by atoms with van der Waals surface area (Å²) in [7, 11) is 0. The summed E-state index contributed by atoms with van der Waals surface area (Å²) in [4.78, 5) is 4.36. The minimum absolute atomic E-state index is 0.173. The van der Waals surface area contributed by atoms with Crippen LogP contribution >= 0.6 is 23.2 Å². The van der Waals surface area contributed by atoms with Crippen LogP contribution in [0, 0.1) is 0 Å². The lowest BCUT2D eigenvalue weighted by molar-refractivity contribution is 0.531. The maximum Gasteiger partial charge on any atom is 0.136 e. The van der Waals surface area contributed by atoms with E-state index in [2.05, 4.69) is 9.71 Å². The van der Waals surface area contributed by atoms with E-state index in [1.54, 1.807) is 6.07 Å². The third-order valence-corrected chi connectivity index (χ3v) is 5.37. The molecule has 0 saturated carbocycles. The van der Waals surface area contributed by atoms with Crippen LogP contribution in [0.25, 0.3) is 10.9 Å². The fourth-order valence-corrected chi connectivity index (χ4v) is 3.19. The number of rotatable bonds is 3. The van der Waals surface area contributed by atoms with Gasteiger partial charge in [0.15, 0.2) is 0 Å². The third-order valence-electron chi connectivity index (χ3n) is 3.08. The number of aromatic nitrogens is 1. The molecule has 6 heteroatoms. The monoisotopic (exact) mass is 344 g/mol. The van der Waals surface area contributed by atoms with Crippen molar-refractivity contribution < 1.29 is 4.55 Å². The molecule has 0 bridgehead atoms. The summed E-state index contributed by atoms with van der Waals surface area (Å²) in [6.07, 6.45) is 0. The first-order chi connectivity index (χ1) is 9.70. The van der Waals surface area contributed by atoms with E-state index in [-0.39, 0.29) is 10.8 Å². The van der Waals surface area contributed by atoms with Crippen molar-refractivity contribution >= 4 is 45.5 Å². The number of hydrogen-bond donors (Lipinski definition) is 1. The topological polar surface area (TPSA) is 48.0 Å². The maximum absolute atomic E-state index is 12.2. The Labute approximate surface area is 138 Å². The largest absolute Gasteiger partial charge is 0.598 e. The van der Waals surface area contributed by atoms with E-state index in [1.165, 1.54) is 0 Å². The minimum atomic E-state index is -1.18. The molecule has 0 spiro atoms. The lowest BCUT2D eigenvalue weighted by Crippen LogP contribution is -2.40. The molecule has 1 aromatic carbocycles. The summed E-state index contributed by atoms with van der Waals surface area (Å²) in [6, 6.07) is 7.35. The van der Waals surface area contributed by atoms with Crippen molar-refractivity contribution in [2.24, 2.45) is 0 Å². The second-order valence-electron chi connectivity index (χ2n) is 5.90. The van der Waals surface area contributed by atoms with Gasteiger partial charge in [0, 0.05) is 22.3 Å². The minimum Gasteiger partial charge on any atom is -0.598 e. The van der Waals surface area contributed by atoms with Gasteiger partial charge in [0.1, 0.15) is 9.90 Å². The summed E-state index contributed by atoms with van der Waals surface area (Å²) in [6.45, 7) is 7.68. The molecular formula is C15H18Cl2N2OS. The molecule has 3 nitrogen and oxygen atoms in total. The molecule has 0 radical (unpaired) electrons. The smallest absolute Gasteiger partial charge is 0.136 e. The van der Waals surface area contributed by atoms with E-state index >= 15 is 0 Å². The van der Waals surface area contributed by atoms with Gasteiger partial charge in [-0.15, -0.1) is 4.72 Å². The van der Waals surface area contributed by atoms with Crippen molar-refractivity contribution in [1.82, 2.24) is 9.71 Å². The van der Waals surface area contributed by atoms with Crippen LogP contribution < -0.4 is 4.72 Å². The SMILES string of the molecule is C[C@@H](N[S@+]([O-])C(C)(C)C)c1cc2cccc(Cl)c2nc1Cl. The maximum atomic E-state index is 12.2. The van der Waals surface area contributed by atoms with Crippen molar-refractivity contribution in [1.29, 1.82) is 0 Å². The molecule has 0 unspecified atom stereocenters. The van der Waals surface area contributed by atoms with Crippen LogP contribution in [0.1, 0.15) is 39.3 Å². The number of para-hydroxylation sites is 1. The molecule has 1 N–H and O–H groups in total. The van der Waals surface area contributed by atoms with Crippen molar-refractivity contribution in [3.8, 4) is 0 Å². The molecule has 0 aliphatic rings. The van der Waals surface area contributed by atoms with Crippen molar-refractivity contribution in [3.05, 3.63) is 40.0 Å². The van der Waals surface area contributed by atoms with Gasteiger partial charge in [0.25, 0.3) is 0 Å². The molecular weight excluding hydrogens is 327 g/mol. The fourth-order valence-electron chi connectivity index (χ4n) is 1.86. The predicted molar refractivity (Wildman–Crippen MR) is 91.2 cm³/mol. The van der Waals surface area contributed by atoms with Crippen LogP contribution in [0.15, 0.2) is 24.3 Å². The molecule has 2 atom stereocenters. The van der Waals surface area contributed by atoms with Gasteiger partial charge in [-0.3, -0.25) is 0 Å². The Morgan fingerprint density at radius 1 is 1.29 bits per heavy atom. The lowest BCUT2D eigenvalue weighted by atomic mass is 10.1. The van der Waals surface area contributed by atoms with Crippen LogP contribution in [0.5, 0.6) is 0 Å². The number of hydrogen-bond acceptors (Lipinski definition) is 3. The zero-order valence-corrected chi connectivity index (χ0v) is 14.7. The highest BCUT2D eigenvalue weighted by molar-refractivity contribution is 7.90. The molecule has 114 valence electrons. The van der Waals surface area contributed by atoms with Gasteiger partial charge in [-0.25, -0.2) is 4.98 Å². The predicted octanol–water partition coefficient (Wildman–Crippen LogP) is 4.65. The molecule has 1 aromatic heterocycles. The number of pyridine rings is 1. The van der Waals surface area contributed by atoms with Gasteiger partial charge >= 0.3 is 0 Å². The number of benzene rings is 1. The quantitative estimate of drug-likeness (QED) is 0.650. The Bertz CT molecular complexity index is 658. The van der Waals surface area contributed by atoms with Crippen molar-refractivity contribution in [3.63, 3.8) is 0 Å². The Kier molecular flexibility index (Phi) is 5.06. The van der Waals surface area contributed by atoms with E-state index in [0.717, 1.165) is 10.9 Å². The normalized spacial score (nSPS) is 15.2. The molecule has 0 fully saturated rings. The molecule has 0 aliphatic heterocycles. The van der Waals surface area contributed by atoms with Crippen molar-refractivity contribution in [2.45, 2.75) is 38.5 Å². The van der Waals surface area contributed by atoms with E-state index < -0.39 is 11.4 Å². The Morgan fingerprint density at radius 2 is 1.95 bits per heavy atom. The van der Waals surface area contributed by atoms with E-state index in [4.69, 9.17) is 23.2 Å². The zero-order chi connectivity index (χ0) is 15.8. The molecule has 21 heavy (non-hydrogen) atoms. The number of fused-ring (bicyclic) bond motifs is 1. The first-order valence-corrected chi connectivity index (χ1v) is 8.53. The van der Waals surface area contributed by atoms with Crippen LogP contribution in [0.4, 0.5) is 0 Å². The molecule has 0 amide bonds. The fraction of sp³-hybridized carbons (Fsp3) is 0.400. The molecule has 2 aromatic rings. The summed E-state index contributed by atoms with van der Waals surface area (Å²) < 4.78 is 14.9. The van der Waals surface area contributed by atoms with Gasteiger partial charge in [-0.05, 0) is 39.8 Å². The van der Waals surface area contributed by atoms with Gasteiger partial charge in [0.05, 0.1) is 16.6 Å². The third kappa shape index (κ3) is 3.82. The van der Waals surface area contributed by atoms with Crippen molar-refractivity contribution in [2.75, 3.05) is 0 Å². The Balaban J connectivity index is 2.36. The summed E-state index contributed by atoms with van der Waals surface area (Å²) in [5.74, 6) is 0. The highest BCUT2D eigenvalue weighted by Crippen LogP contribution is 2.30. The Hall–Kier alpha value is -0.520. The van der Waals surface area contributed by atoms with E-state index in [9.17, 15) is 4.55 Å². The second-order valence-corrected chi connectivity index (χ2v) is 8.66. The molecule has 0 saturated heterocycles. The molecule has 1 heterocycles. The summed E-state index contributed by atoms with van der Waals surface area (Å²) in [5.41, 5.74) is 1.49. The van der Waals surface area contributed by atoms with E-state index in [1.807, 2.05) is 45.9 Å². The molecule has 0 aliphatic carbocycles. The van der Waals surface area contributed by atoms with Crippen LogP contribution in [0.2, 0.25) is 10.2 Å². The van der Waals surface area contributed by atoms with Gasteiger partial charge in [0.2, 0.25) is 0 Å². The molecule has 2 rings (SSSR count). The van der Waals surface area contributed by atoms with Gasteiger partial charge in [-0.2, -0.15) is 0 Å². The first-order valence-electron chi connectivity index (χ1n) is 6.63. The van der Waals surface area contributed by atoms with Crippen LogP contribution in [0.3, 0.4) is 0 Å². The van der Waals surface area contributed by atoms with Gasteiger partial charge in [-0.1, -0.05) is 35.3 Å². The highest BCUT2D eigenvalue weighted by Gasteiger charge is 2.29. The standard InChI is InChI=1S/C15H18Cl2N2OS/c1-9(19-21(20)15(2,3)4)11-8-10-6-5-7-12(16)13(10)18-14(11)17/h5-9,19H,1-4H3/t9-,21-/m1/s1. The second kappa shape index (κ2) is 6.31. The number of nitrogens with zero attached hydrogens (tertiary/aromatic N) is 1.